The van der Waals surface area contributed by atoms with Crippen molar-refractivity contribution >= 4 is 0 Å². The summed E-state index contributed by atoms with van der Waals surface area (Å²) in [5.74, 6) is 0. The van der Waals surface area contributed by atoms with Crippen molar-refractivity contribution in [2.75, 3.05) is 33.7 Å². The van der Waals surface area contributed by atoms with Crippen molar-refractivity contribution in [1.82, 2.24) is 10.0 Å². The molecule has 3 nitrogen and oxygen atoms in total. The van der Waals surface area contributed by atoms with Crippen LogP contribution in [0.5, 0.6) is 0 Å². The van der Waals surface area contributed by atoms with E-state index in [0.717, 1.165) is 19.6 Å². The largest absolute Gasteiger partial charge is 0.329 e. The lowest BCUT2D eigenvalue weighted by molar-refractivity contribution is 0.0346. The summed E-state index contributed by atoms with van der Waals surface area (Å²) in [6, 6.07) is 0. The summed E-state index contributed by atoms with van der Waals surface area (Å²) >= 11 is 0. The minimum atomic E-state index is 0.728. The van der Waals surface area contributed by atoms with E-state index in [1.807, 2.05) is 14.1 Å². The second-order valence-electron chi connectivity index (χ2n) is 2.18. The van der Waals surface area contributed by atoms with E-state index in [9.17, 15) is 0 Å². The smallest absolute Gasteiger partial charge is 0.0256 e. The average Bonchev–Trinajstić information content (AvgIpc) is 1.82. The van der Waals surface area contributed by atoms with Crippen molar-refractivity contribution in [3.63, 3.8) is 0 Å². The molecule has 0 aromatic carbocycles. The third kappa shape index (κ3) is 3.46. The van der Waals surface area contributed by atoms with Crippen LogP contribution < -0.4 is 5.73 Å². The summed E-state index contributed by atoms with van der Waals surface area (Å²) in [6.07, 6.45) is 0. The standard InChI is InChI=1S/C6H17N3/c1-4-9(6-5-7)8(2)3/h4-7H2,1-3H3. The normalized spacial score (nSPS) is 11.3. The maximum absolute atomic E-state index is 5.37. The lowest BCUT2D eigenvalue weighted by atomic mass is 10.6. The molecule has 56 valence electrons. The van der Waals surface area contributed by atoms with Gasteiger partial charge >= 0.3 is 0 Å². The molecule has 0 atom stereocenters. The first-order valence-corrected chi connectivity index (χ1v) is 3.34. The van der Waals surface area contributed by atoms with E-state index < -0.39 is 0 Å². The second kappa shape index (κ2) is 4.73. The molecule has 0 fully saturated rings. The highest BCUT2D eigenvalue weighted by atomic mass is 15.6. The SMILES string of the molecule is CCN(CCN)N(C)C. The number of hydrogen-bond donors (Lipinski definition) is 1. The van der Waals surface area contributed by atoms with E-state index in [4.69, 9.17) is 5.73 Å². The van der Waals surface area contributed by atoms with Gasteiger partial charge in [-0.2, -0.15) is 0 Å². The third-order valence-electron chi connectivity index (χ3n) is 1.32. The van der Waals surface area contributed by atoms with E-state index in [-0.39, 0.29) is 0 Å². The molecule has 3 heteroatoms. The Labute approximate surface area is 57.4 Å². The molecule has 0 rings (SSSR count). The molecule has 0 aromatic heterocycles. The highest BCUT2D eigenvalue weighted by Gasteiger charge is 2.00. The Morgan fingerprint density at radius 2 is 1.89 bits per heavy atom. The van der Waals surface area contributed by atoms with Crippen LogP contribution in [0, 0.1) is 0 Å². The molecule has 9 heavy (non-hydrogen) atoms. The van der Waals surface area contributed by atoms with Gasteiger partial charge < -0.3 is 5.73 Å². The maximum Gasteiger partial charge on any atom is 0.0256 e. The fourth-order valence-electron chi connectivity index (χ4n) is 0.790. The van der Waals surface area contributed by atoms with Gasteiger partial charge in [0.25, 0.3) is 0 Å². The monoisotopic (exact) mass is 131 g/mol. The van der Waals surface area contributed by atoms with E-state index in [1.54, 1.807) is 0 Å². The number of nitrogens with two attached hydrogens (primary N) is 1. The Bertz CT molecular complexity index is 63.3. The molecule has 0 unspecified atom stereocenters. The zero-order valence-electron chi connectivity index (χ0n) is 6.59. The Hall–Kier alpha value is -0.120. The summed E-state index contributed by atoms with van der Waals surface area (Å²) in [5, 5.41) is 4.24. The van der Waals surface area contributed by atoms with Gasteiger partial charge in [0.2, 0.25) is 0 Å². The second-order valence-corrected chi connectivity index (χ2v) is 2.18. The lowest BCUT2D eigenvalue weighted by Gasteiger charge is -2.26. The Balaban J connectivity index is 3.41. The van der Waals surface area contributed by atoms with Crippen molar-refractivity contribution in [2.24, 2.45) is 5.73 Å². The molecular weight excluding hydrogens is 114 g/mol. The first-order valence-electron chi connectivity index (χ1n) is 3.34. The van der Waals surface area contributed by atoms with Crippen LogP contribution in [-0.4, -0.2) is 43.7 Å². The number of hydrazine groups is 1. The summed E-state index contributed by atoms with van der Waals surface area (Å²) in [4.78, 5) is 0. The van der Waals surface area contributed by atoms with Crippen LogP contribution in [0.4, 0.5) is 0 Å². The summed E-state index contributed by atoms with van der Waals surface area (Å²) in [6.45, 7) is 4.83. The highest BCUT2D eigenvalue weighted by Crippen LogP contribution is 1.86. The van der Waals surface area contributed by atoms with Gasteiger partial charge in [-0.25, -0.2) is 10.0 Å². The van der Waals surface area contributed by atoms with Gasteiger partial charge in [0, 0.05) is 33.7 Å². The molecule has 0 spiro atoms. The van der Waals surface area contributed by atoms with Gasteiger partial charge in [-0.1, -0.05) is 6.92 Å². The maximum atomic E-state index is 5.37. The molecule has 2 N–H and O–H groups in total. The zero-order valence-corrected chi connectivity index (χ0v) is 6.59. The predicted molar refractivity (Wildman–Crippen MR) is 40.0 cm³/mol. The van der Waals surface area contributed by atoms with Gasteiger partial charge in [0.1, 0.15) is 0 Å². The van der Waals surface area contributed by atoms with Gasteiger partial charge in [0.05, 0.1) is 0 Å². The molecule has 0 aliphatic heterocycles. The van der Waals surface area contributed by atoms with E-state index in [2.05, 4.69) is 16.9 Å². The predicted octanol–water partition coefficient (Wildman–Crippen LogP) is -0.256. The van der Waals surface area contributed by atoms with Crippen LogP contribution in [-0.2, 0) is 0 Å². The van der Waals surface area contributed by atoms with E-state index in [0.29, 0.717) is 0 Å². The van der Waals surface area contributed by atoms with Crippen molar-refractivity contribution < 1.29 is 0 Å². The number of nitrogens with zero attached hydrogens (tertiary/aromatic N) is 2. The van der Waals surface area contributed by atoms with Crippen LogP contribution in [0.2, 0.25) is 0 Å². The van der Waals surface area contributed by atoms with Gasteiger partial charge in [0.15, 0.2) is 0 Å². The van der Waals surface area contributed by atoms with Crippen LogP contribution in [0.15, 0.2) is 0 Å². The van der Waals surface area contributed by atoms with Crippen molar-refractivity contribution in [3.05, 3.63) is 0 Å². The molecule has 0 heterocycles. The lowest BCUT2D eigenvalue weighted by Crippen LogP contribution is -2.39. The molecule has 0 amide bonds. The quantitative estimate of drug-likeness (QED) is 0.534. The fourth-order valence-corrected chi connectivity index (χ4v) is 0.790. The van der Waals surface area contributed by atoms with Gasteiger partial charge in [-0.15, -0.1) is 0 Å². The number of hydrogen-bond acceptors (Lipinski definition) is 3. The molecule has 0 radical (unpaired) electrons. The summed E-state index contributed by atoms with van der Waals surface area (Å²) in [5.41, 5.74) is 5.37. The molecule has 0 aliphatic rings. The van der Waals surface area contributed by atoms with Gasteiger partial charge in [-0.3, -0.25) is 0 Å². The molecule has 0 aliphatic carbocycles. The average molecular weight is 131 g/mol. The fraction of sp³-hybridized carbons (Fsp3) is 1.00. The highest BCUT2D eigenvalue weighted by molar-refractivity contribution is 4.47. The van der Waals surface area contributed by atoms with E-state index in [1.165, 1.54) is 0 Å². The number of rotatable bonds is 4. The minimum absolute atomic E-state index is 0.728. The van der Waals surface area contributed by atoms with Crippen molar-refractivity contribution in [1.29, 1.82) is 0 Å². The van der Waals surface area contributed by atoms with E-state index >= 15 is 0 Å². The molecule has 0 saturated carbocycles. The Kier molecular flexibility index (Phi) is 4.67. The minimum Gasteiger partial charge on any atom is -0.329 e. The molecule has 0 aromatic rings. The topological polar surface area (TPSA) is 32.5 Å². The molecule has 0 bridgehead atoms. The summed E-state index contributed by atoms with van der Waals surface area (Å²) in [7, 11) is 4.05. The molecular formula is C6H17N3. The third-order valence-corrected chi connectivity index (χ3v) is 1.32. The zero-order chi connectivity index (χ0) is 7.28. The van der Waals surface area contributed by atoms with Crippen LogP contribution in [0.25, 0.3) is 0 Å². The first-order chi connectivity index (χ1) is 4.22. The van der Waals surface area contributed by atoms with Gasteiger partial charge in [-0.05, 0) is 0 Å². The van der Waals surface area contributed by atoms with Crippen molar-refractivity contribution in [3.8, 4) is 0 Å². The molecule has 0 saturated heterocycles. The van der Waals surface area contributed by atoms with Crippen LogP contribution in [0.3, 0.4) is 0 Å². The number of likely N-dealkylation sites (N-methyl/N-ethyl adjacent to an activating group) is 1. The first kappa shape index (κ1) is 8.88. The van der Waals surface area contributed by atoms with Crippen LogP contribution in [0.1, 0.15) is 6.92 Å². The Morgan fingerprint density at radius 1 is 1.33 bits per heavy atom. The van der Waals surface area contributed by atoms with Crippen molar-refractivity contribution in [2.45, 2.75) is 6.92 Å². The Morgan fingerprint density at radius 3 is 2.00 bits per heavy atom. The van der Waals surface area contributed by atoms with Crippen LogP contribution >= 0.6 is 0 Å². The summed E-state index contributed by atoms with van der Waals surface area (Å²) < 4.78 is 0.